The van der Waals surface area contributed by atoms with E-state index in [9.17, 15) is 14.7 Å². The van der Waals surface area contributed by atoms with Gasteiger partial charge in [-0.2, -0.15) is 4.99 Å². The number of ether oxygens (including phenoxy) is 1. The van der Waals surface area contributed by atoms with Crippen molar-refractivity contribution in [3.05, 3.63) is 41.7 Å². The van der Waals surface area contributed by atoms with Crippen molar-refractivity contribution >= 4 is 29.5 Å². The molecule has 0 bridgehead atoms. The summed E-state index contributed by atoms with van der Waals surface area (Å²) in [6, 6.07) is 7.28. The number of carbonyl (C=O) groups excluding carboxylic acids is 2. The number of aromatic nitrogens is 2. The van der Waals surface area contributed by atoms with Crippen LogP contribution in [0.5, 0.6) is 5.75 Å². The normalized spacial score (nSPS) is 18.3. The summed E-state index contributed by atoms with van der Waals surface area (Å²) in [5, 5.41) is 14.3. The maximum Gasteiger partial charge on any atom is 0.253 e. The second-order valence-electron chi connectivity index (χ2n) is 6.04. The van der Waals surface area contributed by atoms with Crippen LogP contribution < -0.4 is 20.1 Å². The van der Waals surface area contributed by atoms with E-state index in [1.807, 2.05) is 0 Å². The lowest BCUT2D eigenvalue weighted by Gasteiger charge is -2.38. The van der Waals surface area contributed by atoms with Crippen molar-refractivity contribution in [1.29, 1.82) is 0 Å². The Kier molecular flexibility index (Phi) is 5.02. The Morgan fingerprint density at radius 1 is 1.26 bits per heavy atom. The Hall–Kier alpha value is -3.49. The molecule has 9 nitrogen and oxygen atoms in total. The van der Waals surface area contributed by atoms with Gasteiger partial charge in [0.25, 0.3) is 5.95 Å². The summed E-state index contributed by atoms with van der Waals surface area (Å²) >= 11 is 0. The van der Waals surface area contributed by atoms with Crippen LogP contribution in [0.15, 0.2) is 35.3 Å². The van der Waals surface area contributed by atoms with Crippen LogP contribution in [0.3, 0.4) is 0 Å². The van der Waals surface area contributed by atoms with E-state index in [2.05, 4.69) is 20.3 Å². The van der Waals surface area contributed by atoms with Gasteiger partial charge < -0.3 is 19.5 Å². The zero-order chi connectivity index (χ0) is 19.6. The van der Waals surface area contributed by atoms with Gasteiger partial charge in [-0.15, -0.1) is 0 Å². The number of benzene rings is 1. The molecule has 0 spiro atoms. The number of aliphatic carboxylic acids is 1. The van der Waals surface area contributed by atoms with Crippen LogP contribution in [0, 0.1) is 13.8 Å². The lowest BCUT2D eigenvalue weighted by Crippen LogP contribution is -2.61. The predicted octanol–water partition coefficient (Wildman–Crippen LogP) is 0.235. The number of nitrogens with zero attached hydrogens (tertiary/aromatic N) is 4. The van der Waals surface area contributed by atoms with E-state index in [0.29, 0.717) is 22.8 Å². The monoisotopic (exact) mass is 368 g/mol. The maximum atomic E-state index is 12.0. The lowest BCUT2D eigenvalue weighted by molar-refractivity contribution is -0.307. The Morgan fingerprint density at radius 3 is 2.44 bits per heavy atom. The van der Waals surface area contributed by atoms with Gasteiger partial charge in [-0.05, 0) is 44.2 Å². The Bertz CT molecular complexity index is 890. The molecule has 1 aliphatic heterocycles. The molecule has 1 amide bonds. The molecule has 2 aromatic rings. The van der Waals surface area contributed by atoms with Gasteiger partial charge in [-0.3, -0.25) is 10.1 Å². The quantitative estimate of drug-likeness (QED) is 0.820. The third-order valence-electron chi connectivity index (χ3n) is 3.97. The maximum absolute atomic E-state index is 12.0. The van der Waals surface area contributed by atoms with Crippen LogP contribution in [0.1, 0.15) is 17.8 Å². The summed E-state index contributed by atoms with van der Waals surface area (Å²) in [5.74, 6) is -1.09. The number of hydrogen-bond acceptors (Lipinski definition) is 7. The number of nitrogens with one attached hydrogen (secondary N) is 1. The van der Waals surface area contributed by atoms with Crippen molar-refractivity contribution in [2.75, 3.05) is 12.0 Å². The minimum absolute atomic E-state index is 0.0237. The van der Waals surface area contributed by atoms with Gasteiger partial charge >= 0.3 is 0 Å². The van der Waals surface area contributed by atoms with E-state index >= 15 is 0 Å². The largest absolute Gasteiger partial charge is 0.548 e. The van der Waals surface area contributed by atoms with E-state index in [-0.39, 0.29) is 18.3 Å². The molecule has 3 rings (SSSR count). The predicted molar refractivity (Wildman–Crippen MR) is 95.6 cm³/mol. The average molecular weight is 368 g/mol. The molecule has 2 heterocycles. The number of aryl methyl sites for hydroxylation is 2. The first-order valence-electron chi connectivity index (χ1n) is 8.22. The highest BCUT2D eigenvalue weighted by Crippen LogP contribution is 2.25. The van der Waals surface area contributed by atoms with Crippen LogP contribution in [0.4, 0.5) is 11.6 Å². The average Bonchev–Trinajstić information content (AvgIpc) is 2.60. The number of amides is 1. The lowest BCUT2D eigenvalue weighted by atomic mass is 10.1. The molecule has 1 atom stereocenters. The summed E-state index contributed by atoms with van der Waals surface area (Å²) < 4.78 is 5.13. The van der Waals surface area contributed by atoms with E-state index in [0.717, 1.165) is 0 Å². The molecule has 0 saturated carbocycles. The molecule has 0 unspecified atom stereocenters. The van der Waals surface area contributed by atoms with Gasteiger partial charge in [-0.25, -0.2) is 9.97 Å². The smallest absolute Gasteiger partial charge is 0.253 e. The molecule has 1 aromatic heterocycles. The van der Waals surface area contributed by atoms with Gasteiger partial charge in [0.15, 0.2) is 0 Å². The topological polar surface area (TPSA) is 120 Å². The van der Waals surface area contributed by atoms with Crippen LogP contribution in [0.2, 0.25) is 0 Å². The SMILES string of the molecule is COc1ccc(N2/C(=N/c3nc(C)cc(C)n3)NC(=O)C[C@@H]2C(=O)[O-])cc1. The van der Waals surface area contributed by atoms with Crippen molar-refractivity contribution in [3.63, 3.8) is 0 Å². The fourth-order valence-corrected chi connectivity index (χ4v) is 2.82. The van der Waals surface area contributed by atoms with E-state index < -0.39 is 17.9 Å². The molecule has 1 aliphatic rings. The van der Waals surface area contributed by atoms with Gasteiger partial charge in [0, 0.05) is 17.1 Å². The summed E-state index contributed by atoms with van der Waals surface area (Å²) in [5.41, 5.74) is 1.92. The highest BCUT2D eigenvalue weighted by molar-refractivity contribution is 6.13. The Balaban J connectivity index is 2.09. The number of anilines is 1. The second-order valence-corrected chi connectivity index (χ2v) is 6.04. The zero-order valence-corrected chi connectivity index (χ0v) is 15.1. The molecular weight excluding hydrogens is 350 g/mol. The van der Waals surface area contributed by atoms with Gasteiger partial charge in [0.2, 0.25) is 11.9 Å². The number of guanidine groups is 1. The summed E-state index contributed by atoms with van der Waals surface area (Å²) in [7, 11) is 1.53. The number of hydrogen-bond donors (Lipinski definition) is 1. The van der Waals surface area contributed by atoms with E-state index in [1.165, 1.54) is 12.0 Å². The molecule has 1 fully saturated rings. The third-order valence-corrected chi connectivity index (χ3v) is 3.97. The number of carboxylic acids is 1. The van der Waals surface area contributed by atoms with E-state index in [4.69, 9.17) is 4.74 Å². The summed E-state index contributed by atoms with van der Waals surface area (Å²) in [6.45, 7) is 3.59. The van der Waals surface area contributed by atoms with E-state index in [1.54, 1.807) is 44.2 Å². The fraction of sp³-hybridized carbons (Fsp3) is 0.278. The summed E-state index contributed by atoms with van der Waals surface area (Å²) in [4.78, 5) is 37.8. The van der Waals surface area contributed by atoms with Crippen LogP contribution in [-0.4, -0.2) is 41.0 Å². The molecule has 1 aromatic carbocycles. The number of methoxy groups -OCH3 is 1. The standard InChI is InChI=1S/C18H19N5O4/c1-10-8-11(2)20-17(19-10)22-18-21-15(24)9-14(16(25)26)23(18)12-4-6-13(27-3)7-5-12/h4-8,14H,9H2,1-3H3,(H,25,26)(H,19,20,21,22,24)/p-1/t14-/m1/s1. The van der Waals surface area contributed by atoms with Crippen LogP contribution in [0.25, 0.3) is 0 Å². The molecule has 140 valence electrons. The van der Waals surface area contributed by atoms with Gasteiger partial charge in [-0.1, -0.05) is 0 Å². The first kappa shape index (κ1) is 18.3. The Labute approximate surface area is 155 Å². The zero-order valence-electron chi connectivity index (χ0n) is 15.1. The van der Waals surface area contributed by atoms with Crippen LogP contribution >= 0.6 is 0 Å². The van der Waals surface area contributed by atoms with Gasteiger partial charge in [0.1, 0.15) is 5.75 Å². The van der Waals surface area contributed by atoms with Crippen molar-refractivity contribution in [2.24, 2.45) is 4.99 Å². The molecule has 9 heteroatoms. The van der Waals surface area contributed by atoms with Gasteiger partial charge in [0.05, 0.1) is 25.5 Å². The minimum Gasteiger partial charge on any atom is -0.548 e. The van der Waals surface area contributed by atoms with Crippen molar-refractivity contribution in [1.82, 2.24) is 15.3 Å². The molecule has 0 radical (unpaired) electrons. The van der Waals surface area contributed by atoms with Crippen LogP contribution in [-0.2, 0) is 9.59 Å². The summed E-state index contributed by atoms with van der Waals surface area (Å²) in [6.07, 6.45) is -0.263. The number of carboxylic acid groups (broad SMARTS) is 1. The molecular formula is C18H18N5O4-. The third kappa shape index (κ3) is 4.02. The number of rotatable bonds is 4. The highest BCUT2D eigenvalue weighted by atomic mass is 16.5. The molecule has 1 saturated heterocycles. The minimum atomic E-state index is -1.38. The Morgan fingerprint density at radius 2 is 1.89 bits per heavy atom. The fourth-order valence-electron chi connectivity index (χ4n) is 2.82. The first-order chi connectivity index (χ1) is 12.9. The molecule has 1 N–H and O–H groups in total. The molecule has 0 aliphatic carbocycles. The van der Waals surface area contributed by atoms with Crippen molar-refractivity contribution < 1.29 is 19.4 Å². The number of carbonyl (C=O) groups is 2. The van der Waals surface area contributed by atoms with Crippen molar-refractivity contribution in [2.45, 2.75) is 26.3 Å². The van der Waals surface area contributed by atoms with Crippen molar-refractivity contribution in [3.8, 4) is 5.75 Å². The number of aliphatic imine (C=N–C) groups is 1. The highest BCUT2D eigenvalue weighted by Gasteiger charge is 2.33. The second kappa shape index (κ2) is 7.40. The first-order valence-corrected chi connectivity index (χ1v) is 8.22. The molecule has 27 heavy (non-hydrogen) atoms.